The Morgan fingerprint density at radius 1 is 0.575 bits per heavy atom. The molecule has 0 saturated heterocycles. The molecule has 8 nitrogen and oxygen atoms in total. The number of ketones is 2. The van der Waals surface area contributed by atoms with Crippen LogP contribution in [0.5, 0.6) is 0 Å². The fourth-order valence-electron chi connectivity index (χ4n) is 5.93. The zero-order valence-corrected chi connectivity index (χ0v) is 22.7. The minimum Gasteiger partial charge on any atom is -0.290 e. The average Bonchev–Trinajstić information content (AvgIpc) is 3.94. The van der Waals surface area contributed by atoms with E-state index in [2.05, 4.69) is 68.7 Å². The van der Waals surface area contributed by atoms with Gasteiger partial charge in [-0.1, -0.05) is 60.7 Å². The van der Waals surface area contributed by atoms with E-state index in [1.54, 1.807) is 0 Å². The van der Waals surface area contributed by atoms with Crippen molar-refractivity contribution >= 4 is 11.6 Å². The third kappa shape index (κ3) is 5.03. The molecule has 0 amide bonds. The van der Waals surface area contributed by atoms with E-state index in [0.29, 0.717) is 11.6 Å². The van der Waals surface area contributed by atoms with E-state index in [4.69, 9.17) is 0 Å². The summed E-state index contributed by atoms with van der Waals surface area (Å²) in [5, 5.41) is 9.05. The highest BCUT2D eigenvalue weighted by molar-refractivity contribution is 5.96. The summed E-state index contributed by atoms with van der Waals surface area (Å²) in [6.07, 6.45) is 10.2. The van der Waals surface area contributed by atoms with Gasteiger partial charge in [-0.05, 0) is 62.5 Å². The van der Waals surface area contributed by atoms with Crippen LogP contribution in [-0.4, -0.2) is 41.1 Å². The fraction of sp³-hybridized carbons (Fsp3) is 0.438. The molecule has 204 valence electrons. The van der Waals surface area contributed by atoms with E-state index in [1.807, 2.05) is 21.5 Å². The second-order valence-electron chi connectivity index (χ2n) is 11.5. The van der Waals surface area contributed by atoms with E-state index < -0.39 is 0 Å². The minimum absolute atomic E-state index is 0.138. The second kappa shape index (κ2) is 10.6. The molecule has 8 rings (SSSR count). The maximum absolute atomic E-state index is 12.1. The van der Waals surface area contributed by atoms with Gasteiger partial charge in [-0.2, -0.15) is 0 Å². The lowest BCUT2D eigenvalue weighted by Gasteiger charge is -2.23. The first-order chi connectivity index (χ1) is 19.7. The molecular weight excluding hydrogens is 500 g/mol. The van der Waals surface area contributed by atoms with Gasteiger partial charge in [0.25, 0.3) is 0 Å². The van der Waals surface area contributed by atoms with Crippen LogP contribution in [0.15, 0.2) is 60.7 Å². The largest absolute Gasteiger partial charge is 0.290 e. The van der Waals surface area contributed by atoms with Gasteiger partial charge in [0, 0.05) is 24.7 Å². The van der Waals surface area contributed by atoms with Crippen LogP contribution in [0, 0.1) is 11.8 Å². The van der Waals surface area contributed by atoms with Crippen LogP contribution in [0.1, 0.15) is 107 Å². The Morgan fingerprint density at radius 3 is 1.35 bits per heavy atom. The Bertz CT molecular complexity index is 1400. The number of fused-ring (bicyclic) bond motifs is 2. The monoisotopic (exact) mass is 534 g/mol. The minimum atomic E-state index is 0.138. The number of aromatic nitrogens is 6. The van der Waals surface area contributed by atoms with Gasteiger partial charge >= 0.3 is 0 Å². The number of carbonyl (C=O) groups excluding carboxylic acids is 2. The van der Waals surface area contributed by atoms with Crippen molar-refractivity contribution < 1.29 is 9.59 Å². The molecule has 1 unspecified atom stereocenters. The Balaban J connectivity index is 0.000000132. The first-order valence-corrected chi connectivity index (χ1v) is 14.7. The standard InChI is InChI=1S/2C16H17N3O/c2*20-15(12-9-10-12)16-17-14-8-4-7-13(19(14)18-16)11-5-2-1-3-6-11/h2*1-3,5-6,12-13H,4,7-10H2/t13-;/m0./s1. The van der Waals surface area contributed by atoms with Crippen molar-refractivity contribution in [2.45, 2.75) is 76.3 Å². The van der Waals surface area contributed by atoms with Gasteiger partial charge in [0.2, 0.25) is 23.2 Å². The molecule has 2 atom stereocenters. The summed E-state index contributed by atoms with van der Waals surface area (Å²) in [6, 6.07) is 21.2. The van der Waals surface area contributed by atoms with Crippen LogP contribution in [-0.2, 0) is 12.8 Å². The third-order valence-corrected chi connectivity index (χ3v) is 8.46. The molecule has 40 heavy (non-hydrogen) atoms. The molecule has 0 radical (unpaired) electrons. The van der Waals surface area contributed by atoms with E-state index in [9.17, 15) is 9.59 Å². The van der Waals surface area contributed by atoms with Crippen LogP contribution < -0.4 is 0 Å². The molecule has 4 aliphatic rings. The predicted octanol–water partition coefficient (Wildman–Crippen LogP) is 5.59. The van der Waals surface area contributed by atoms with E-state index in [0.717, 1.165) is 75.9 Å². The Kier molecular flexibility index (Phi) is 6.61. The number of hydrogen-bond donors (Lipinski definition) is 0. The van der Waals surface area contributed by atoms with Crippen molar-refractivity contribution in [1.82, 2.24) is 29.5 Å². The summed E-state index contributed by atoms with van der Waals surface area (Å²) in [7, 11) is 0. The molecule has 8 heteroatoms. The smallest absolute Gasteiger partial charge is 0.217 e. The van der Waals surface area contributed by atoms with Gasteiger partial charge in [0.1, 0.15) is 11.6 Å². The molecule has 2 aliphatic carbocycles. The van der Waals surface area contributed by atoms with Crippen molar-refractivity contribution in [3.8, 4) is 0 Å². The first kappa shape index (κ1) is 25.1. The maximum Gasteiger partial charge on any atom is 0.217 e. The van der Waals surface area contributed by atoms with Crippen LogP contribution in [0.25, 0.3) is 0 Å². The Morgan fingerprint density at radius 2 is 0.975 bits per heavy atom. The number of rotatable bonds is 6. The lowest BCUT2D eigenvalue weighted by Crippen LogP contribution is -2.20. The number of hydrogen-bond acceptors (Lipinski definition) is 6. The molecule has 2 saturated carbocycles. The summed E-state index contributed by atoms with van der Waals surface area (Å²) < 4.78 is 3.96. The van der Waals surface area contributed by atoms with Gasteiger partial charge in [-0.15, -0.1) is 10.2 Å². The highest BCUT2D eigenvalue weighted by atomic mass is 16.1. The number of benzene rings is 2. The van der Waals surface area contributed by atoms with Crippen molar-refractivity contribution in [2.75, 3.05) is 0 Å². The lowest BCUT2D eigenvalue weighted by molar-refractivity contribution is 0.0949. The van der Waals surface area contributed by atoms with Crippen LogP contribution >= 0.6 is 0 Å². The van der Waals surface area contributed by atoms with Crippen LogP contribution in [0.2, 0.25) is 0 Å². The Labute approximate surface area is 233 Å². The molecule has 2 aromatic carbocycles. The van der Waals surface area contributed by atoms with Crippen molar-refractivity contribution in [1.29, 1.82) is 0 Å². The predicted molar refractivity (Wildman–Crippen MR) is 149 cm³/mol. The van der Waals surface area contributed by atoms with Gasteiger partial charge in [-0.25, -0.2) is 19.3 Å². The van der Waals surface area contributed by atoms with E-state index in [1.165, 1.54) is 11.1 Å². The zero-order chi connectivity index (χ0) is 27.1. The van der Waals surface area contributed by atoms with Gasteiger partial charge < -0.3 is 0 Å². The molecule has 4 heterocycles. The highest BCUT2D eigenvalue weighted by Gasteiger charge is 2.36. The van der Waals surface area contributed by atoms with Gasteiger partial charge in [0.05, 0.1) is 12.1 Å². The third-order valence-electron chi connectivity index (χ3n) is 8.46. The summed E-state index contributed by atoms with van der Waals surface area (Å²) in [4.78, 5) is 33.2. The highest BCUT2D eigenvalue weighted by Crippen LogP contribution is 2.35. The van der Waals surface area contributed by atoms with E-state index in [-0.39, 0.29) is 35.5 Å². The average molecular weight is 535 g/mol. The molecule has 4 aromatic rings. The number of nitrogens with zero attached hydrogens (tertiary/aromatic N) is 6. The fourth-order valence-corrected chi connectivity index (χ4v) is 5.93. The topological polar surface area (TPSA) is 95.6 Å². The quantitative estimate of drug-likeness (QED) is 0.299. The molecule has 0 bridgehead atoms. The molecule has 2 aromatic heterocycles. The summed E-state index contributed by atoms with van der Waals surface area (Å²) in [6.45, 7) is 0. The molecule has 2 aliphatic heterocycles. The number of Topliss-reactive ketones (excluding diaryl/α,β-unsaturated/α-hetero) is 2. The number of aryl methyl sites for hydroxylation is 2. The van der Waals surface area contributed by atoms with Gasteiger partial charge in [0.15, 0.2) is 0 Å². The van der Waals surface area contributed by atoms with Crippen molar-refractivity contribution in [3.63, 3.8) is 0 Å². The van der Waals surface area contributed by atoms with Crippen LogP contribution in [0.4, 0.5) is 0 Å². The van der Waals surface area contributed by atoms with Crippen molar-refractivity contribution in [3.05, 3.63) is 95.1 Å². The molecule has 2 fully saturated rings. The maximum atomic E-state index is 12.1. The molecule has 0 spiro atoms. The molecule has 0 N–H and O–H groups in total. The second-order valence-corrected chi connectivity index (χ2v) is 11.5. The normalized spacial score (nSPS) is 21.5. The zero-order valence-electron chi connectivity index (χ0n) is 22.7. The van der Waals surface area contributed by atoms with Gasteiger partial charge in [-0.3, -0.25) is 9.59 Å². The summed E-state index contributed by atoms with van der Waals surface area (Å²) >= 11 is 0. The summed E-state index contributed by atoms with van der Waals surface area (Å²) in [5.74, 6) is 3.46. The lowest BCUT2D eigenvalue weighted by atomic mass is 9.98. The number of carbonyl (C=O) groups is 2. The Hall–Kier alpha value is -3.94. The summed E-state index contributed by atoms with van der Waals surface area (Å²) in [5.41, 5.74) is 2.51. The SMILES string of the molecule is O=C(c1nc2n(n1)C(c1ccccc1)CCC2)C1CC1.O=C(c1nc2n(n1)[C@H](c1ccccc1)CCC2)C1CC1. The van der Waals surface area contributed by atoms with Crippen molar-refractivity contribution in [2.24, 2.45) is 11.8 Å². The first-order valence-electron chi connectivity index (χ1n) is 14.7. The molecular formula is C32H34N6O2. The van der Waals surface area contributed by atoms with E-state index >= 15 is 0 Å². The van der Waals surface area contributed by atoms with Crippen LogP contribution in [0.3, 0.4) is 0 Å².